The van der Waals surface area contributed by atoms with Crippen molar-refractivity contribution in [1.29, 1.82) is 0 Å². The van der Waals surface area contributed by atoms with Crippen LogP contribution in [0.2, 0.25) is 0 Å². The van der Waals surface area contributed by atoms with E-state index in [4.69, 9.17) is 0 Å². The van der Waals surface area contributed by atoms with E-state index >= 15 is 0 Å². The van der Waals surface area contributed by atoms with Crippen LogP contribution in [0.1, 0.15) is 31.7 Å². The molecule has 0 aliphatic carbocycles. The van der Waals surface area contributed by atoms with Gasteiger partial charge in [-0.05, 0) is 24.8 Å². The number of hydrogen-bond acceptors (Lipinski definition) is 3. The SMILES string of the molecule is CC(=O)N1C[C@H](NC(=O)CCc2cnn(C)c2)CC[C@@H]1C(F)(F)F. The van der Waals surface area contributed by atoms with E-state index in [0.717, 1.165) is 17.4 Å². The normalized spacial score (nSPS) is 21.6. The number of alkyl halides is 3. The number of piperidine rings is 1. The van der Waals surface area contributed by atoms with Crippen molar-refractivity contribution in [3.8, 4) is 0 Å². The summed E-state index contributed by atoms with van der Waals surface area (Å²) in [7, 11) is 1.78. The molecule has 1 saturated heterocycles. The maximum absolute atomic E-state index is 13.0. The lowest BCUT2D eigenvalue weighted by molar-refractivity contribution is -0.196. The summed E-state index contributed by atoms with van der Waals surface area (Å²) in [5.74, 6) is -0.871. The Labute approximate surface area is 138 Å². The predicted molar refractivity (Wildman–Crippen MR) is 79.9 cm³/mol. The minimum atomic E-state index is -4.44. The number of rotatable bonds is 4. The molecule has 0 bridgehead atoms. The van der Waals surface area contributed by atoms with Crippen molar-refractivity contribution in [2.45, 2.75) is 50.9 Å². The first-order valence-electron chi connectivity index (χ1n) is 7.77. The van der Waals surface area contributed by atoms with E-state index < -0.39 is 24.2 Å². The minimum absolute atomic E-state index is 0.113. The molecule has 1 aromatic heterocycles. The molecule has 1 aliphatic heterocycles. The summed E-state index contributed by atoms with van der Waals surface area (Å²) in [5, 5.41) is 6.73. The quantitative estimate of drug-likeness (QED) is 0.896. The molecule has 6 nitrogen and oxygen atoms in total. The Hall–Kier alpha value is -2.06. The lowest BCUT2D eigenvalue weighted by Gasteiger charge is -2.40. The number of amides is 2. The molecule has 1 N–H and O–H groups in total. The van der Waals surface area contributed by atoms with Crippen LogP contribution in [0.5, 0.6) is 0 Å². The molecule has 0 radical (unpaired) electrons. The van der Waals surface area contributed by atoms with Gasteiger partial charge in [0.05, 0.1) is 6.20 Å². The molecular weight excluding hydrogens is 325 g/mol. The average Bonchev–Trinajstić information content (AvgIpc) is 2.89. The van der Waals surface area contributed by atoms with E-state index in [1.54, 1.807) is 24.1 Å². The number of halogens is 3. The Morgan fingerprint density at radius 2 is 2.08 bits per heavy atom. The van der Waals surface area contributed by atoms with E-state index in [9.17, 15) is 22.8 Å². The van der Waals surface area contributed by atoms with E-state index in [-0.39, 0.29) is 31.7 Å². The molecule has 0 unspecified atom stereocenters. The van der Waals surface area contributed by atoms with Crippen molar-refractivity contribution in [2.24, 2.45) is 7.05 Å². The Bertz CT molecular complexity index is 600. The highest BCUT2D eigenvalue weighted by Crippen LogP contribution is 2.32. The fraction of sp³-hybridized carbons (Fsp3) is 0.667. The smallest absolute Gasteiger partial charge is 0.352 e. The maximum Gasteiger partial charge on any atom is 0.408 e. The van der Waals surface area contributed by atoms with Gasteiger partial charge in [-0.2, -0.15) is 18.3 Å². The van der Waals surface area contributed by atoms with Gasteiger partial charge < -0.3 is 10.2 Å². The van der Waals surface area contributed by atoms with Gasteiger partial charge in [0.25, 0.3) is 0 Å². The number of nitrogens with one attached hydrogen (secondary N) is 1. The molecule has 9 heteroatoms. The van der Waals surface area contributed by atoms with Crippen LogP contribution >= 0.6 is 0 Å². The molecule has 2 amide bonds. The third-order valence-corrected chi connectivity index (χ3v) is 4.13. The zero-order chi connectivity index (χ0) is 17.9. The molecule has 0 spiro atoms. The van der Waals surface area contributed by atoms with Gasteiger partial charge in [-0.25, -0.2) is 0 Å². The number of carbonyl (C=O) groups excluding carboxylic acids is 2. The van der Waals surface area contributed by atoms with Gasteiger partial charge in [0, 0.05) is 39.2 Å². The monoisotopic (exact) mass is 346 g/mol. The zero-order valence-electron chi connectivity index (χ0n) is 13.6. The van der Waals surface area contributed by atoms with Crippen LogP contribution in [-0.4, -0.2) is 51.3 Å². The molecule has 24 heavy (non-hydrogen) atoms. The summed E-state index contributed by atoms with van der Waals surface area (Å²) in [6.45, 7) is 1.00. The van der Waals surface area contributed by atoms with Crippen LogP contribution in [-0.2, 0) is 23.1 Å². The summed E-state index contributed by atoms with van der Waals surface area (Å²) in [4.78, 5) is 24.3. The predicted octanol–water partition coefficient (Wildman–Crippen LogP) is 1.41. The second-order valence-corrected chi connectivity index (χ2v) is 6.09. The third kappa shape index (κ3) is 4.72. The van der Waals surface area contributed by atoms with E-state index in [1.807, 2.05) is 0 Å². The van der Waals surface area contributed by atoms with E-state index in [2.05, 4.69) is 10.4 Å². The zero-order valence-corrected chi connectivity index (χ0v) is 13.6. The van der Waals surface area contributed by atoms with Crippen molar-refractivity contribution in [3.63, 3.8) is 0 Å². The van der Waals surface area contributed by atoms with E-state index in [1.165, 1.54) is 0 Å². The number of aryl methyl sites for hydroxylation is 2. The van der Waals surface area contributed by atoms with Gasteiger partial charge in [0.15, 0.2) is 0 Å². The summed E-state index contributed by atoms with van der Waals surface area (Å²) < 4.78 is 40.5. The number of hydrogen-bond donors (Lipinski definition) is 1. The van der Waals surface area contributed by atoms with Crippen molar-refractivity contribution in [2.75, 3.05) is 6.54 Å². The molecule has 0 saturated carbocycles. The summed E-state index contributed by atoms with van der Waals surface area (Å²) in [6, 6.07) is -2.22. The Kier molecular flexibility index (Phi) is 5.51. The van der Waals surface area contributed by atoms with Crippen molar-refractivity contribution < 1.29 is 22.8 Å². The highest BCUT2D eigenvalue weighted by Gasteiger charge is 2.47. The number of aromatic nitrogens is 2. The molecule has 2 heterocycles. The van der Waals surface area contributed by atoms with E-state index in [0.29, 0.717) is 6.42 Å². The standard InChI is InChI=1S/C15H21F3N4O2/c1-10(23)22-9-12(4-5-13(22)15(16,17)18)20-14(24)6-3-11-7-19-21(2)8-11/h7-8,12-13H,3-6,9H2,1-2H3,(H,20,24)/t12-,13-/m1/s1. The molecular formula is C15H21F3N4O2. The molecule has 2 rings (SSSR count). The highest BCUT2D eigenvalue weighted by atomic mass is 19.4. The fourth-order valence-electron chi connectivity index (χ4n) is 2.94. The second kappa shape index (κ2) is 7.23. The Morgan fingerprint density at radius 3 is 2.62 bits per heavy atom. The first-order valence-corrected chi connectivity index (χ1v) is 7.77. The Balaban J connectivity index is 1.86. The second-order valence-electron chi connectivity index (χ2n) is 6.09. The molecule has 1 aliphatic rings. The van der Waals surface area contributed by atoms with Gasteiger partial charge in [-0.1, -0.05) is 0 Å². The molecule has 2 atom stereocenters. The first kappa shape index (κ1) is 18.3. The largest absolute Gasteiger partial charge is 0.408 e. The average molecular weight is 346 g/mol. The van der Waals surface area contributed by atoms with Crippen molar-refractivity contribution in [1.82, 2.24) is 20.0 Å². The van der Waals surface area contributed by atoms with Crippen LogP contribution in [0.15, 0.2) is 12.4 Å². The molecule has 1 fully saturated rings. The first-order chi connectivity index (χ1) is 11.2. The molecule has 1 aromatic rings. The van der Waals surface area contributed by atoms with Crippen LogP contribution in [0.3, 0.4) is 0 Å². The van der Waals surface area contributed by atoms with Gasteiger partial charge >= 0.3 is 6.18 Å². The van der Waals surface area contributed by atoms with Crippen molar-refractivity contribution in [3.05, 3.63) is 18.0 Å². The summed E-state index contributed by atoms with van der Waals surface area (Å²) in [6.07, 6.45) is -0.234. The number of likely N-dealkylation sites (tertiary alicyclic amines) is 1. The van der Waals surface area contributed by atoms with Gasteiger partial charge in [0.1, 0.15) is 6.04 Å². The van der Waals surface area contributed by atoms with Crippen LogP contribution < -0.4 is 5.32 Å². The number of carbonyl (C=O) groups is 2. The third-order valence-electron chi connectivity index (χ3n) is 4.13. The minimum Gasteiger partial charge on any atom is -0.352 e. The molecule has 134 valence electrons. The summed E-state index contributed by atoms with van der Waals surface area (Å²) >= 11 is 0. The lowest BCUT2D eigenvalue weighted by atomic mass is 9.97. The maximum atomic E-state index is 13.0. The molecule has 0 aromatic carbocycles. The van der Waals surface area contributed by atoms with Gasteiger partial charge in [-0.3, -0.25) is 14.3 Å². The summed E-state index contributed by atoms with van der Waals surface area (Å²) in [5.41, 5.74) is 0.916. The highest BCUT2D eigenvalue weighted by molar-refractivity contribution is 5.77. The lowest BCUT2D eigenvalue weighted by Crippen LogP contribution is -2.57. The van der Waals surface area contributed by atoms with Gasteiger partial charge in [0.2, 0.25) is 11.8 Å². The van der Waals surface area contributed by atoms with Crippen LogP contribution in [0, 0.1) is 0 Å². The van der Waals surface area contributed by atoms with Crippen molar-refractivity contribution >= 4 is 11.8 Å². The Morgan fingerprint density at radius 1 is 1.38 bits per heavy atom. The van der Waals surface area contributed by atoms with Gasteiger partial charge in [-0.15, -0.1) is 0 Å². The topological polar surface area (TPSA) is 67.2 Å². The fourth-order valence-corrected chi connectivity index (χ4v) is 2.94. The van der Waals surface area contributed by atoms with Crippen LogP contribution in [0.4, 0.5) is 13.2 Å². The number of nitrogens with zero attached hydrogens (tertiary/aromatic N) is 3. The van der Waals surface area contributed by atoms with Crippen LogP contribution in [0.25, 0.3) is 0 Å².